The lowest BCUT2D eigenvalue weighted by molar-refractivity contribution is -0.145. The van der Waals surface area contributed by atoms with E-state index in [4.69, 9.17) is 0 Å². The molecule has 4 nitrogen and oxygen atoms in total. The average molecular weight is 432 g/mol. The number of nitrogens with zero attached hydrogens (tertiary/aromatic N) is 3. The van der Waals surface area contributed by atoms with Crippen LogP contribution in [0.15, 0.2) is 12.4 Å². The van der Waals surface area contributed by atoms with Gasteiger partial charge in [-0.1, -0.05) is 0 Å². The summed E-state index contributed by atoms with van der Waals surface area (Å²) in [5, 5.41) is 2.99. The molecule has 1 saturated heterocycles. The highest BCUT2D eigenvalue weighted by Gasteiger charge is 2.37. The molecule has 0 amide bonds. The summed E-state index contributed by atoms with van der Waals surface area (Å²) in [6, 6.07) is -0.252. The molecule has 1 aliphatic rings. The van der Waals surface area contributed by atoms with Crippen molar-refractivity contribution in [2.24, 2.45) is 0 Å². The van der Waals surface area contributed by atoms with E-state index in [0.717, 1.165) is 0 Å². The Morgan fingerprint density at radius 2 is 2.05 bits per heavy atom. The van der Waals surface area contributed by atoms with E-state index in [1.807, 2.05) is 4.90 Å². The van der Waals surface area contributed by atoms with Gasteiger partial charge in [-0.15, -0.1) is 0 Å². The summed E-state index contributed by atoms with van der Waals surface area (Å²) in [5.74, 6) is -1.16. The minimum absolute atomic E-state index is 0.237. The van der Waals surface area contributed by atoms with Crippen molar-refractivity contribution in [3.05, 3.63) is 23.8 Å². The number of halogens is 5. The zero-order valence-corrected chi connectivity index (χ0v) is 14.2. The third kappa shape index (κ3) is 4.48. The standard InChI is InChI=1S/C13H17F4IN4/c1-19-7-10(22-4-2-3-12(14,18)8-22)9-5-20-11(21-6-9)13(15,16)17/h5-6,10,19H,2-4,7-8H2,1H3. The Labute approximate surface area is 139 Å². The number of alkyl halides is 5. The number of aromatic nitrogens is 2. The largest absolute Gasteiger partial charge is 0.451 e. The lowest BCUT2D eigenvalue weighted by atomic mass is 10.0. The summed E-state index contributed by atoms with van der Waals surface area (Å²) in [7, 11) is 1.74. The number of piperidine rings is 1. The molecule has 0 radical (unpaired) electrons. The van der Waals surface area contributed by atoms with E-state index >= 15 is 0 Å². The summed E-state index contributed by atoms with van der Waals surface area (Å²) in [6.07, 6.45) is -1.00. The lowest BCUT2D eigenvalue weighted by Gasteiger charge is -2.39. The molecule has 124 valence electrons. The summed E-state index contributed by atoms with van der Waals surface area (Å²) >= 11 is 1.79. The molecule has 0 saturated carbocycles. The van der Waals surface area contributed by atoms with Crippen LogP contribution >= 0.6 is 22.6 Å². The maximum atomic E-state index is 14.2. The maximum Gasteiger partial charge on any atom is 0.451 e. The first-order chi connectivity index (χ1) is 10.2. The van der Waals surface area contributed by atoms with E-state index in [1.54, 1.807) is 29.6 Å². The highest BCUT2D eigenvalue weighted by atomic mass is 127. The molecule has 0 spiro atoms. The van der Waals surface area contributed by atoms with E-state index in [9.17, 15) is 17.6 Å². The van der Waals surface area contributed by atoms with E-state index in [1.165, 1.54) is 12.4 Å². The minimum atomic E-state index is -4.56. The molecule has 1 aromatic heterocycles. The van der Waals surface area contributed by atoms with Crippen LogP contribution in [0.2, 0.25) is 0 Å². The molecule has 1 aromatic rings. The average Bonchev–Trinajstić information content (AvgIpc) is 2.43. The molecule has 2 rings (SSSR count). The maximum absolute atomic E-state index is 14.2. The van der Waals surface area contributed by atoms with Crippen molar-refractivity contribution in [1.82, 2.24) is 20.2 Å². The highest BCUT2D eigenvalue weighted by molar-refractivity contribution is 14.1. The molecule has 1 aliphatic heterocycles. The topological polar surface area (TPSA) is 41.1 Å². The van der Waals surface area contributed by atoms with Crippen molar-refractivity contribution in [1.29, 1.82) is 0 Å². The van der Waals surface area contributed by atoms with Gasteiger partial charge in [-0.3, -0.25) is 4.90 Å². The van der Waals surface area contributed by atoms with Gasteiger partial charge in [0.15, 0.2) is 3.68 Å². The number of likely N-dealkylation sites (N-methyl/N-ethyl adjacent to an activating group) is 1. The quantitative estimate of drug-likeness (QED) is 0.452. The van der Waals surface area contributed by atoms with Crippen LogP contribution in [0.5, 0.6) is 0 Å². The Balaban J connectivity index is 2.20. The monoisotopic (exact) mass is 432 g/mol. The van der Waals surface area contributed by atoms with Gasteiger partial charge in [0, 0.05) is 31.0 Å². The molecular weight excluding hydrogens is 415 g/mol. The Bertz CT molecular complexity index is 492. The predicted molar refractivity (Wildman–Crippen MR) is 82.4 cm³/mol. The Morgan fingerprint density at radius 1 is 1.41 bits per heavy atom. The molecule has 22 heavy (non-hydrogen) atoms. The van der Waals surface area contributed by atoms with Crippen LogP contribution in [-0.2, 0) is 6.18 Å². The number of rotatable bonds is 4. The minimum Gasteiger partial charge on any atom is -0.318 e. The molecule has 2 atom stereocenters. The molecule has 0 aromatic carbocycles. The number of nitrogens with one attached hydrogen (secondary N) is 1. The molecule has 1 N–H and O–H groups in total. The molecule has 0 bridgehead atoms. The van der Waals surface area contributed by atoms with Gasteiger partial charge >= 0.3 is 6.18 Å². The van der Waals surface area contributed by atoms with Crippen molar-refractivity contribution in [2.45, 2.75) is 28.7 Å². The predicted octanol–water partition coefficient (Wildman–Crippen LogP) is 2.95. The Morgan fingerprint density at radius 3 is 2.55 bits per heavy atom. The van der Waals surface area contributed by atoms with Gasteiger partial charge in [0.1, 0.15) is 0 Å². The van der Waals surface area contributed by atoms with Crippen LogP contribution in [0, 0.1) is 0 Å². The first-order valence-electron chi connectivity index (χ1n) is 6.88. The summed E-state index contributed by atoms with van der Waals surface area (Å²) in [4.78, 5) is 8.73. The number of likely N-dealkylation sites (tertiary alicyclic amines) is 1. The van der Waals surface area contributed by atoms with Crippen molar-refractivity contribution in [3.8, 4) is 0 Å². The van der Waals surface area contributed by atoms with Crippen molar-refractivity contribution < 1.29 is 17.6 Å². The normalized spacial score (nSPS) is 25.2. The fraction of sp³-hybridized carbons (Fsp3) is 0.692. The first kappa shape index (κ1) is 17.8. The summed E-state index contributed by atoms with van der Waals surface area (Å²) in [5.41, 5.74) is 0.552. The van der Waals surface area contributed by atoms with Gasteiger partial charge in [-0.25, -0.2) is 14.4 Å². The molecule has 9 heteroatoms. The molecule has 1 fully saturated rings. The molecular formula is C13H17F4IN4. The smallest absolute Gasteiger partial charge is 0.318 e. The third-order valence-corrected chi connectivity index (χ3v) is 4.45. The van der Waals surface area contributed by atoms with Gasteiger partial charge in [0.25, 0.3) is 0 Å². The van der Waals surface area contributed by atoms with E-state index in [-0.39, 0.29) is 12.6 Å². The van der Waals surface area contributed by atoms with E-state index in [2.05, 4.69) is 15.3 Å². The second-order valence-corrected chi connectivity index (χ2v) is 7.27. The van der Waals surface area contributed by atoms with Gasteiger partial charge in [-0.2, -0.15) is 13.2 Å². The Kier molecular flexibility index (Phi) is 5.59. The zero-order chi connectivity index (χ0) is 16.4. The van der Waals surface area contributed by atoms with E-state index < -0.39 is 15.7 Å². The van der Waals surface area contributed by atoms with Crippen molar-refractivity contribution in [3.63, 3.8) is 0 Å². The van der Waals surface area contributed by atoms with Gasteiger partial charge in [0.05, 0.1) is 6.04 Å². The van der Waals surface area contributed by atoms with Crippen molar-refractivity contribution in [2.75, 3.05) is 26.7 Å². The lowest BCUT2D eigenvalue weighted by Crippen LogP contribution is -2.45. The second kappa shape index (κ2) is 6.91. The van der Waals surface area contributed by atoms with Crippen LogP contribution in [-0.4, -0.2) is 45.2 Å². The molecule has 2 unspecified atom stereocenters. The third-order valence-electron chi connectivity index (χ3n) is 3.57. The fourth-order valence-corrected chi connectivity index (χ4v) is 3.39. The van der Waals surface area contributed by atoms with Crippen LogP contribution in [0.3, 0.4) is 0 Å². The summed E-state index contributed by atoms with van der Waals surface area (Å²) < 4.78 is 50.5. The van der Waals surface area contributed by atoms with E-state index in [0.29, 0.717) is 31.5 Å². The van der Waals surface area contributed by atoms with Gasteiger partial charge in [0.2, 0.25) is 5.82 Å². The first-order valence-corrected chi connectivity index (χ1v) is 7.96. The number of hydrogen-bond donors (Lipinski definition) is 1. The van der Waals surface area contributed by atoms with Crippen molar-refractivity contribution >= 4 is 22.6 Å². The van der Waals surface area contributed by atoms with Crippen LogP contribution in [0.4, 0.5) is 17.6 Å². The van der Waals surface area contributed by atoms with Crippen LogP contribution < -0.4 is 5.32 Å². The second-order valence-electron chi connectivity index (χ2n) is 5.34. The highest BCUT2D eigenvalue weighted by Crippen LogP contribution is 2.35. The van der Waals surface area contributed by atoms with Crippen LogP contribution in [0.1, 0.15) is 30.3 Å². The van der Waals surface area contributed by atoms with Crippen LogP contribution in [0.25, 0.3) is 0 Å². The molecule has 0 aliphatic carbocycles. The Hall–Kier alpha value is -0.550. The fourth-order valence-electron chi connectivity index (χ4n) is 2.57. The van der Waals surface area contributed by atoms with Gasteiger partial charge < -0.3 is 5.32 Å². The SMILES string of the molecule is CNCC(c1cnc(C(F)(F)F)nc1)N1CCCC(F)(I)C1. The summed E-state index contributed by atoms with van der Waals surface area (Å²) in [6.45, 7) is 1.42. The molecule has 2 heterocycles. The zero-order valence-electron chi connectivity index (χ0n) is 12.0. The van der Waals surface area contributed by atoms with Gasteiger partial charge in [-0.05, 0) is 49.0 Å². The number of hydrogen-bond acceptors (Lipinski definition) is 4.